The molecule has 2 atom stereocenters. The van der Waals surface area contributed by atoms with Crippen LogP contribution in [-0.2, 0) is 22.4 Å². The molecule has 3 amide bonds. The van der Waals surface area contributed by atoms with E-state index in [0.717, 1.165) is 16.0 Å². The fraction of sp³-hybridized carbons (Fsp3) is 0.200. The van der Waals surface area contributed by atoms with Gasteiger partial charge in [0.05, 0.1) is 17.2 Å². The lowest BCUT2D eigenvalue weighted by Gasteiger charge is -2.26. The number of ketones is 1. The summed E-state index contributed by atoms with van der Waals surface area (Å²) in [7, 11) is 0. The van der Waals surface area contributed by atoms with E-state index < -0.39 is 30.3 Å². The molecule has 8 heteroatoms. The second-order valence-electron chi connectivity index (χ2n) is 10.9. The molecule has 7 nitrogen and oxygen atoms in total. The summed E-state index contributed by atoms with van der Waals surface area (Å²) in [6, 6.07) is 28.5. The lowest BCUT2D eigenvalue weighted by Crippen LogP contribution is -2.47. The van der Waals surface area contributed by atoms with Crippen molar-refractivity contribution in [2.24, 2.45) is 5.92 Å². The first kappa shape index (κ1) is 28.0. The smallest absolute Gasteiger partial charge is 0.262 e. The molecule has 2 heterocycles. The van der Waals surface area contributed by atoms with Crippen molar-refractivity contribution in [3.63, 3.8) is 0 Å². The van der Waals surface area contributed by atoms with E-state index in [2.05, 4.69) is 0 Å². The van der Waals surface area contributed by atoms with Crippen molar-refractivity contribution < 1.29 is 28.3 Å². The molecule has 0 bridgehead atoms. The molecule has 0 N–H and O–H groups in total. The Kier molecular flexibility index (Phi) is 7.83. The largest absolute Gasteiger partial charge is 0.457 e. The Morgan fingerprint density at radius 1 is 0.744 bits per heavy atom. The van der Waals surface area contributed by atoms with Crippen LogP contribution in [0.3, 0.4) is 0 Å². The Morgan fingerprint density at radius 2 is 1.33 bits per heavy atom. The average Bonchev–Trinajstić information content (AvgIpc) is 3.55. The first-order chi connectivity index (χ1) is 20.9. The second kappa shape index (κ2) is 12.0. The Morgan fingerprint density at radius 3 is 1.95 bits per heavy atom. The molecule has 1 saturated heterocycles. The summed E-state index contributed by atoms with van der Waals surface area (Å²) in [6.07, 6.45) is 1.31. The number of benzene rings is 4. The number of imide groups is 1. The first-order valence-corrected chi connectivity index (χ1v) is 14.2. The number of carbonyl (C=O) groups is 4. The topological polar surface area (TPSA) is 84.0 Å². The van der Waals surface area contributed by atoms with E-state index in [-0.39, 0.29) is 35.1 Å². The molecule has 1 fully saturated rings. The van der Waals surface area contributed by atoms with E-state index in [9.17, 15) is 23.6 Å². The summed E-state index contributed by atoms with van der Waals surface area (Å²) in [6.45, 7) is -0.0542. The molecule has 2 aliphatic rings. The Bertz CT molecular complexity index is 1640. The summed E-state index contributed by atoms with van der Waals surface area (Å²) in [5.41, 5.74) is 2.44. The van der Waals surface area contributed by atoms with Gasteiger partial charge < -0.3 is 9.64 Å². The minimum absolute atomic E-state index is 0.0500. The van der Waals surface area contributed by atoms with Crippen LogP contribution in [0.25, 0.3) is 0 Å². The van der Waals surface area contributed by atoms with Crippen LogP contribution in [0.5, 0.6) is 11.5 Å². The van der Waals surface area contributed by atoms with Crippen molar-refractivity contribution in [3.8, 4) is 11.5 Å². The number of amides is 3. The van der Waals surface area contributed by atoms with Gasteiger partial charge in [-0.05, 0) is 78.4 Å². The molecule has 216 valence electrons. The molecule has 0 unspecified atom stereocenters. The van der Waals surface area contributed by atoms with Crippen molar-refractivity contribution in [1.29, 1.82) is 0 Å². The molecule has 4 aromatic rings. The summed E-state index contributed by atoms with van der Waals surface area (Å²) in [4.78, 5) is 55.7. The van der Waals surface area contributed by atoms with Crippen molar-refractivity contribution in [2.75, 3.05) is 13.1 Å². The third-order valence-electron chi connectivity index (χ3n) is 7.97. The van der Waals surface area contributed by atoms with Crippen LogP contribution >= 0.6 is 0 Å². The molecule has 0 saturated carbocycles. The van der Waals surface area contributed by atoms with Crippen LogP contribution < -0.4 is 4.74 Å². The highest BCUT2D eigenvalue weighted by Gasteiger charge is 2.42. The number of nitrogens with zero attached hydrogens (tertiary/aromatic N) is 2. The van der Waals surface area contributed by atoms with E-state index >= 15 is 0 Å². The maximum Gasteiger partial charge on any atom is 0.262 e. The predicted molar refractivity (Wildman–Crippen MR) is 157 cm³/mol. The molecule has 0 aromatic heterocycles. The van der Waals surface area contributed by atoms with Crippen molar-refractivity contribution >= 4 is 23.5 Å². The van der Waals surface area contributed by atoms with Crippen LogP contribution in [-0.4, -0.2) is 52.4 Å². The highest BCUT2D eigenvalue weighted by Crippen LogP contribution is 2.30. The summed E-state index contributed by atoms with van der Waals surface area (Å²) in [5, 5.41) is 0. The van der Waals surface area contributed by atoms with Gasteiger partial charge in [0, 0.05) is 13.0 Å². The van der Waals surface area contributed by atoms with Gasteiger partial charge in [-0.2, -0.15) is 0 Å². The zero-order chi connectivity index (χ0) is 29.9. The highest BCUT2D eigenvalue weighted by atomic mass is 19.1. The molecule has 0 aliphatic carbocycles. The molecule has 2 aliphatic heterocycles. The number of ether oxygens (including phenoxy) is 1. The van der Waals surface area contributed by atoms with Gasteiger partial charge in [-0.1, -0.05) is 54.6 Å². The lowest BCUT2D eigenvalue weighted by atomic mass is 9.94. The number of carbonyl (C=O) groups excluding carboxylic acids is 4. The minimum atomic E-state index is -0.675. The maximum atomic E-state index is 13.7. The zero-order valence-electron chi connectivity index (χ0n) is 23.3. The zero-order valence-corrected chi connectivity index (χ0v) is 23.3. The number of Topliss-reactive ketones (excluding diaryl/α,β-unsaturated/α-hetero) is 1. The van der Waals surface area contributed by atoms with Crippen LogP contribution in [0, 0.1) is 11.7 Å². The van der Waals surface area contributed by atoms with Gasteiger partial charge in [0.1, 0.15) is 23.9 Å². The number of hydrogen-bond donors (Lipinski definition) is 0. The second-order valence-corrected chi connectivity index (χ2v) is 10.9. The molecular formula is C35H29FN2O5. The van der Waals surface area contributed by atoms with Crippen molar-refractivity contribution in [2.45, 2.75) is 25.3 Å². The number of likely N-dealkylation sites (tertiary alicyclic amines) is 1. The van der Waals surface area contributed by atoms with Crippen LogP contribution in [0.2, 0.25) is 0 Å². The third-order valence-corrected chi connectivity index (χ3v) is 7.97. The monoisotopic (exact) mass is 576 g/mol. The third kappa shape index (κ3) is 6.09. The van der Waals surface area contributed by atoms with Gasteiger partial charge in [0.25, 0.3) is 11.8 Å². The molecule has 43 heavy (non-hydrogen) atoms. The van der Waals surface area contributed by atoms with Crippen LogP contribution in [0.1, 0.15) is 38.3 Å². The van der Waals surface area contributed by atoms with E-state index in [1.807, 2.05) is 30.3 Å². The van der Waals surface area contributed by atoms with E-state index in [1.54, 1.807) is 53.4 Å². The number of rotatable bonds is 9. The van der Waals surface area contributed by atoms with Crippen LogP contribution in [0.15, 0.2) is 103 Å². The fourth-order valence-corrected chi connectivity index (χ4v) is 5.84. The summed E-state index contributed by atoms with van der Waals surface area (Å²) in [5.74, 6) is -0.800. The minimum Gasteiger partial charge on any atom is -0.457 e. The van der Waals surface area contributed by atoms with Gasteiger partial charge in [-0.3, -0.25) is 24.1 Å². The van der Waals surface area contributed by atoms with Gasteiger partial charge in [-0.15, -0.1) is 0 Å². The van der Waals surface area contributed by atoms with Gasteiger partial charge >= 0.3 is 0 Å². The quantitative estimate of drug-likeness (QED) is 0.246. The van der Waals surface area contributed by atoms with Crippen LogP contribution in [0.4, 0.5) is 4.39 Å². The average molecular weight is 577 g/mol. The Hall–Kier alpha value is -5.11. The van der Waals surface area contributed by atoms with Gasteiger partial charge in [-0.25, -0.2) is 4.39 Å². The number of hydrogen-bond acceptors (Lipinski definition) is 5. The molecule has 4 aromatic carbocycles. The first-order valence-electron chi connectivity index (χ1n) is 14.2. The molecule has 0 radical (unpaired) electrons. The van der Waals surface area contributed by atoms with Crippen molar-refractivity contribution in [3.05, 3.63) is 131 Å². The van der Waals surface area contributed by atoms with Crippen molar-refractivity contribution in [1.82, 2.24) is 9.80 Å². The lowest BCUT2D eigenvalue weighted by molar-refractivity contribution is -0.137. The maximum absolute atomic E-state index is 13.7. The summed E-state index contributed by atoms with van der Waals surface area (Å²) >= 11 is 0. The number of halogens is 1. The molecule has 6 rings (SSSR count). The van der Waals surface area contributed by atoms with E-state index in [1.165, 1.54) is 24.3 Å². The predicted octanol–water partition coefficient (Wildman–Crippen LogP) is 5.49. The normalized spacial score (nSPS) is 17.7. The van der Waals surface area contributed by atoms with Gasteiger partial charge in [0.2, 0.25) is 5.91 Å². The Labute approximate surface area is 248 Å². The van der Waals surface area contributed by atoms with E-state index in [0.29, 0.717) is 30.9 Å². The Balaban J connectivity index is 1.16. The number of fused-ring (bicyclic) bond motifs is 1. The highest BCUT2D eigenvalue weighted by molar-refractivity contribution is 6.22. The summed E-state index contributed by atoms with van der Waals surface area (Å²) < 4.78 is 18.9. The fourth-order valence-electron chi connectivity index (χ4n) is 5.84. The SMILES string of the molecule is O=C(Cc1ccc(Oc2ccc(F)cc2)cc1)[C@@H]1C[C@@H](Cc2ccccc2)CN1C(=O)CN1C(=O)c2ccccc2C1=O. The van der Waals surface area contributed by atoms with E-state index in [4.69, 9.17) is 4.74 Å². The standard InChI is InChI=1S/C35H29FN2O5/c36-26-12-16-28(17-13-26)43-27-14-10-24(11-15-27)20-32(39)31-19-25(18-23-6-2-1-3-7-23)21-37(31)33(40)22-38-34(41)29-8-4-5-9-30(29)35(38)42/h1-17,25,31H,18-22H2/t25-,31+/m1/s1. The van der Waals surface area contributed by atoms with Gasteiger partial charge in [0.15, 0.2) is 5.78 Å². The molecular weight excluding hydrogens is 547 g/mol. The molecule has 0 spiro atoms.